The van der Waals surface area contributed by atoms with E-state index in [2.05, 4.69) is 0 Å². The Bertz CT molecular complexity index is 578. The summed E-state index contributed by atoms with van der Waals surface area (Å²) in [5.74, 6) is -0.985. The molecule has 132 valence electrons. The maximum atomic E-state index is 13.6. The van der Waals surface area contributed by atoms with E-state index in [1.807, 2.05) is 6.92 Å². The van der Waals surface area contributed by atoms with Gasteiger partial charge in [-0.25, -0.2) is 4.39 Å². The number of hydrogen-bond donors (Lipinski definition) is 2. The Morgan fingerprint density at radius 2 is 2.12 bits per heavy atom. The van der Waals surface area contributed by atoms with Gasteiger partial charge in [-0.3, -0.25) is 4.79 Å². The van der Waals surface area contributed by atoms with Crippen molar-refractivity contribution in [1.29, 1.82) is 0 Å². The zero-order valence-electron chi connectivity index (χ0n) is 13.8. The molecule has 1 amide bonds. The monoisotopic (exact) mass is 337 g/mol. The van der Waals surface area contributed by atoms with Crippen LogP contribution >= 0.6 is 0 Å². The number of amides is 1. The normalized spacial score (nSPS) is 24.2. The van der Waals surface area contributed by atoms with Crippen LogP contribution in [0.2, 0.25) is 0 Å². The minimum Gasteiger partial charge on any atom is -0.390 e. The van der Waals surface area contributed by atoms with Gasteiger partial charge in [0.25, 0.3) is 0 Å². The summed E-state index contributed by atoms with van der Waals surface area (Å²) in [4.78, 5) is 14.0. The summed E-state index contributed by atoms with van der Waals surface area (Å²) < 4.78 is 18.9. The van der Waals surface area contributed by atoms with Gasteiger partial charge >= 0.3 is 0 Å². The number of carbonyl (C=O) groups is 1. The summed E-state index contributed by atoms with van der Waals surface area (Å²) in [6.45, 7) is 3.14. The third-order valence-corrected chi connectivity index (χ3v) is 4.07. The van der Waals surface area contributed by atoms with Gasteiger partial charge in [-0.05, 0) is 18.6 Å². The molecule has 0 spiro atoms. The third kappa shape index (κ3) is 4.87. The van der Waals surface area contributed by atoms with Crippen LogP contribution in [-0.4, -0.2) is 59.5 Å². The molecular weight excluding hydrogens is 313 g/mol. The van der Waals surface area contributed by atoms with Crippen molar-refractivity contribution in [3.8, 4) is 0 Å². The van der Waals surface area contributed by atoms with Crippen molar-refractivity contribution in [3.63, 3.8) is 0 Å². The average molecular weight is 337 g/mol. The molecule has 6 heteroatoms. The van der Waals surface area contributed by atoms with Crippen LogP contribution in [0, 0.1) is 11.7 Å². The molecule has 2 rings (SSSR count). The summed E-state index contributed by atoms with van der Waals surface area (Å²) in [7, 11) is 0. The van der Waals surface area contributed by atoms with Crippen LogP contribution in [-0.2, 0) is 9.53 Å². The predicted octanol–water partition coefficient (Wildman–Crippen LogP) is 1.45. The van der Waals surface area contributed by atoms with E-state index in [1.54, 1.807) is 23.1 Å². The van der Waals surface area contributed by atoms with Gasteiger partial charge in [0.05, 0.1) is 19.3 Å². The molecule has 24 heavy (non-hydrogen) atoms. The first-order chi connectivity index (χ1) is 11.5. The average Bonchev–Trinajstić information content (AvgIpc) is 2.57. The molecular formula is C18H24FNO4. The molecule has 0 aromatic heterocycles. The zero-order chi connectivity index (χ0) is 17.5. The molecule has 1 saturated heterocycles. The second-order valence-electron chi connectivity index (χ2n) is 5.99. The van der Waals surface area contributed by atoms with Crippen molar-refractivity contribution in [1.82, 2.24) is 4.90 Å². The minimum atomic E-state index is -0.934. The van der Waals surface area contributed by atoms with E-state index in [-0.39, 0.29) is 30.8 Å². The fraction of sp³-hybridized carbons (Fsp3) is 0.500. The van der Waals surface area contributed by atoms with Gasteiger partial charge in [-0.2, -0.15) is 0 Å². The number of rotatable bonds is 6. The highest BCUT2D eigenvalue weighted by Crippen LogP contribution is 2.17. The Morgan fingerprint density at radius 3 is 2.83 bits per heavy atom. The molecule has 3 atom stereocenters. The second kappa shape index (κ2) is 8.92. The molecule has 1 fully saturated rings. The van der Waals surface area contributed by atoms with Crippen LogP contribution < -0.4 is 0 Å². The van der Waals surface area contributed by atoms with Gasteiger partial charge < -0.3 is 19.8 Å². The Hall–Kier alpha value is -1.76. The van der Waals surface area contributed by atoms with E-state index in [0.717, 1.165) is 6.42 Å². The number of benzene rings is 1. The SMILES string of the molecule is CCCN(C[C@@H]1COC[C@@H](O)[C@H]1O)C(=O)/C=C/c1ccccc1F. The van der Waals surface area contributed by atoms with E-state index in [1.165, 1.54) is 18.2 Å². The van der Waals surface area contributed by atoms with Crippen LogP contribution in [0.1, 0.15) is 18.9 Å². The highest BCUT2D eigenvalue weighted by atomic mass is 19.1. The largest absolute Gasteiger partial charge is 0.390 e. The molecule has 0 saturated carbocycles. The Morgan fingerprint density at radius 1 is 1.38 bits per heavy atom. The number of aliphatic hydroxyl groups is 2. The number of hydrogen-bond acceptors (Lipinski definition) is 4. The van der Waals surface area contributed by atoms with E-state index in [0.29, 0.717) is 18.7 Å². The van der Waals surface area contributed by atoms with E-state index < -0.39 is 12.2 Å². The van der Waals surface area contributed by atoms with Crippen LogP contribution in [0.5, 0.6) is 0 Å². The van der Waals surface area contributed by atoms with Crippen LogP contribution in [0.4, 0.5) is 4.39 Å². The maximum Gasteiger partial charge on any atom is 0.246 e. The highest BCUT2D eigenvalue weighted by Gasteiger charge is 2.33. The van der Waals surface area contributed by atoms with Gasteiger partial charge in [0, 0.05) is 30.6 Å². The summed E-state index contributed by atoms with van der Waals surface area (Å²) in [6.07, 6.45) is 1.69. The lowest BCUT2D eigenvalue weighted by molar-refractivity contribution is -0.138. The smallest absolute Gasteiger partial charge is 0.246 e. The number of nitrogens with zero attached hydrogens (tertiary/aromatic N) is 1. The summed E-state index contributed by atoms with van der Waals surface area (Å²) >= 11 is 0. The zero-order valence-corrected chi connectivity index (χ0v) is 13.8. The van der Waals surface area contributed by atoms with Crippen molar-refractivity contribution >= 4 is 12.0 Å². The number of halogens is 1. The van der Waals surface area contributed by atoms with Crippen LogP contribution in [0.3, 0.4) is 0 Å². The molecule has 0 bridgehead atoms. The van der Waals surface area contributed by atoms with Crippen molar-refractivity contribution in [2.75, 3.05) is 26.3 Å². The van der Waals surface area contributed by atoms with Crippen molar-refractivity contribution in [3.05, 3.63) is 41.7 Å². The van der Waals surface area contributed by atoms with E-state index in [4.69, 9.17) is 4.74 Å². The molecule has 1 heterocycles. The molecule has 5 nitrogen and oxygen atoms in total. The van der Waals surface area contributed by atoms with E-state index in [9.17, 15) is 19.4 Å². The molecule has 1 aromatic rings. The van der Waals surface area contributed by atoms with Crippen molar-refractivity contribution in [2.24, 2.45) is 5.92 Å². The highest BCUT2D eigenvalue weighted by molar-refractivity contribution is 5.91. The lowest BCUT2D eigenvalue weighted by atomic mass is 9.96. The Labute approximate surface area is 141 Å². The first-order valence-corrected chi connectivity index (χ1v) is 8.18. The second-order valence-corrected chi connectivity index (χ2v) is 5.99. The van der Waals surface area contributed by atoms with Crippen molar-refractivity contribution < 1.29 is 24.1 Å². The number of ether oxygens (including phenoxy) is 1. The van der Waals surface area contributed by atoms with Gasteiger partial charge in [0.1, 0.15) is 11.9 Å². The number of carbonyl (C=O) groups excluding carboxylic acids is 1. The van der Waals surface area contributed by atoms with Gasteiger partial charge in [0.15, 0.2) is 0 Å². The third-order valence-electron chi connectivity index (χ3n) is 4.07. The summed E-state index contributed by atoms with van der Waals surface area (Å²) in [6, 6.07) is 6.23. The molecule has 1 aliphatic heterocycles. The molecule has 0 aliphatic carbocycles. The van der Waals surface area contributed by atoms with Crippen LogP contribution in [0.25, 0.3) is 6.08 Å². The fourth-order valence-electron chi connectivity index (χ4n) is 2.73. The lowest BCUT2D eigenvalue weighted by Gasteiger charge is -2.35. The minimum absolute atomic E-state index is 0.104. The molecule has 2 N–H and O–H groups in total. The standard InChI is InChI=1S/C18H24FNO4/c1-2-9-20(10-14-11-24-12-16(21)18(14)23)17(22)8-7-13-5-3-4-6-15(13)19/h3-8,14,16,18,21,23H,2,9-12H2,1H3/b8-7+/t14-,16-,18+/m1/s1. The summed E-state index contributed by atoms with van der Waals surface area (Å²) in [5, 5.41) is 19.7. The first-order valence-electron chi connectivity index (χ1n) is 8.18. The summed E-state index contributed by atoms with van der Waals surface area (Å²) in [5.41, 5.74) is 0.346. The molecule has 0 unspecified atom stereocenters. The quantitative estimate of drug-likeness (QED) is 0.771. The van der Waals surface area contributed by atoms with Gasteiger partial charge in [-0.1, -0.05) is 25.1 Å². The molecule has 1 aromatic carbocycles. The topological polar surface area (TPSA) is 70.0 Å². The Balaban J connectivity index is 2.03. The van der Waals surface area contributed by atoms with Crippen molar-refractivity contribution in [2.45, 2.75) is 25.6 Å². The Kier molecular flexibility index (Phi) is 6.90. The maximum absolute atomic E-state index is 13.6. The van der Waals surface area contributed by atoms with Gasteiger partial charge in [0.2, 0.25) is 5.91 Å². The van der Waals surface area contributed by atoms with Crippen LogP contribution in [0.15, 0.2) is 30.3 Å². The van der Waals surface area contributed by atoms with Gasteiger partial charge in [-0.15, -0.1) is 0 Å². The number of aliphatic hydroxyl groups excluding tert-OH is 2. The first kappa shape index (κ1) is 18.6. The lowest BCUT2D eigenvalue weighted by Crippen LogP contribution is -2.49. The fourth-order valence-corrected chi connectivity index (χ4v) is 2.73. The van der Waals surface area contributed by atoms with E-state index >= 15 is 0 Å². The predicted molar refractivity (Wildman–Crippen MR) is 88.6 cm³/mol. The molecule has 0 radical (unpaired) electrons. The molecule has 1 aliphatic rings.